The van der Waals surface area contributed by atoms with Gasteiger partial charge in [0.1, 0.15) is 5.75 Å². The Kier molecular flexibility index (Phi) is 5.98. The highest BCUT2D eigenvalue weighted by atomic mass is 32.2. The lowest BCUT2D eigenvalue weighted by Gasteiger charge is -2.23. The molecule has 7 heteroatoms. The predicted molar refractivity (Wildman–Crippen MR) is 117 cm³/mol. The summed E-state index contributed by atoms with van der Waals surface area (Å²) in [6, 6.07) is 14.4. The van der Waals surface area contributed by atoms with Crippen molar-refractivity contribution in [3.05, 3.63) is 58.9 Å². The second-order valence-corrected chi connectivity index (χ2v) is 9.06. The van der Waals surface area contributed by atoms with Crippen LogP contribution in [-0.2, 0) is 4.79 Å². The van der Waals surface area contributed by atoms with Crippen molar-refractivity contribution in [2.24, 2.45) is 0 Å². The fourth-order valence-electron chi connectivity index (χ4n) is 2.83. The predicted octanol–water partition coefficient (Wildman–Crippen LogP) is 3.79. The van der Waals surface area contributed by atoms with Crippen LogP contribution in [-0.4, -0.2) is 33.4 Å². The molecule has 29 heavy (non-hydrogen) atoms. The van der Waals surface area contributed by atoms with Crippen LogP contribution in [0.15, 0.2) is 58.5 Å². The third-order valence-corrected chi connectivity index (χ3v) is 5.28. The molecule has 1 N–H and O–H groups in total. The first-order chi connectivity index (χ1) is 13.7. The van der Waals surface area contributed by atoms with Gasteiger partial charge in [0.15, 0.2) is 5.16 Å². The highest BCUT2D eigenvalue weighted by Gasteiger charge is 2.23. The molecule has 0 aliphatic carbocycles. The Hall–Kier alpha value is -2.80. The minimum absolute atomic E-state index is 0.105. The lowest BCUT2D eigenvalue weighted by atomic mass is 10.1. The van der Waals surface area contributed by atoms with Gasteiger partial charge in [-0.1, -0.05) is 23.9 Å². The molecular formula is C22H25N3O3S. The molecule has 3 aromatic rings. The van der Waals surface area contributed by atoms with Crippen LogP contribution in [0, 0.1) is 0 Å². The van der Waals surface area contributed by atoms with Gasteiger partial charge in [-0.25, -0.2) is 4.98 Å². The number of carbonyl (C=O) groups is 1. The van der Waals surface area contributed by atoms with E-state index in [0.717, 1.165) is 0 Å². The van der Waals surface area contributed by atoms with Crippen molar-refractivity contribution in [2.45, 2.75) is 43.6 Å². The van der Waals surface area contributed by atoms with E-state index in [2.05, 4.69) is 10.3 Å². The van der Waals surface area contributed by atoms with Crippen molar-refractivity contribution in [3.8, 4) is 11.4 Å². The number of para-hydroxylation sites is 1. The van der Waals surface area contributed by atoms with Gasteiger partial charge in [0, 0.05) is 5.54 Å². The second-order valence-electron chi connectivity index (χ2n) is 7.75. The molecule has 0 fully saturated rings. The van der Waals surface area contributed by atoms with Crippen molar-refractivity contribution < 1.29 is 9.53 Å². The molecule has 0 unspecified atom stereocenters. The van der Waals surface area contributed by atoms with E-state index in [1.165, 1.54) is 11.8 Å². The standard InChI is InChI=1S/C22H25N3O3S/c1-14(19(26)24-22(2,3)4)29-21-23-18-9-7-6-8-17(18)20(27)25(21)15-10-12-16(28-5)13-11-15/h6-14H,1-5H3,(H,24,26)/t14-/m0/s1. The SMILES string of the molecule is COc1ccc(-n2c(S[C@@H](C)C(=O)NC(C)(C)C)nc3ccccc3c2=O)cc1. The number of hydrogen-bond donors (Lipinski definition) is 1. The van der Waals surface area contributed by atoms with E-state index >= 15 is 0 Å². The Morgan fingerprint density at radius 1 is 1.14 bits per heavy atom. The van der Waals surface area contributed by atoms with Crippen molar-refractivity contribution >= 4 is 28.6 Å². The van der Waals surface area contributed by atoms with E-state index in [1.54, 1.807) is 48.1 Å². The number of aromatic nitrogens is 2. The molecule has 1 atom stereocenters. The van der Waals surface area contributed by atoms with Crippen LogP contribution in [0.2, 0.25) is 0 Å². The molecule has 0 aliphatic rings. The maximum absolute atomic E-state index is 13.3. The number of hydrogen-bond acceptors (Lipinski definition) is 5. The summed E-state index contributed by atoms with van der Waals surface area (Å²) in [5.74, 6) is 0.592. The molecule has 0 bridgehead atoms. The largest absolute Gasteiger partial charge is 0.497 e. The monoisotopic (exact) mass is 411 g/mol. The summed E-state index contributed by atoms with van der Waals surface area (Å²) in [6.07, 6.45) is 0. The third kappa shape index (κ3) is 4.79. The minimum Gasteiger partial charge on any atom is -0.497 e. The number of benzene rings is 2. The fraction of sp³-hybridized carbons (Fsp3) is 0.318. The molecule has 1 aromatic heterocycles. The molecule has 152 valence electrons. The first kappa shape index (κ1) is 20.9. The molecule has 0 saturated heterocycles. The Bertz CT molecular complexity index is 1090. The van der Waals surface area contributed by atoms with Gasteiger partial charge in [0.05, 0.1) is 29.0 Å². The zero-order valence-electron chi connectivity index (χ0n) is 17.2. The molecule has 1 amide bonds. The quantitative estimate of drug-likeness (QED) is 0.511. The summed E-state index contributed by atoms with van der Waals surface area (Å²) in [4.78, 5) is 30.5. The van der Waals surface area contributed by atoms with Gasteiger partial charge in [-0.05, 0) is 64.1 Å². The number of methoxy groups -OCH3 is 1. The zero-order chi connectivity index (χ0) is 21.2. The van der Waals surface area contributed by atoms with Gasteiger partial charge < -0.3 is 10.1 Å². The summed E-state index contributed by atoms with van der Waals surface area (Å²) in [5, 5.41) is 3.54. The van der Waals surface area contributed by atoms with Crippen molar-refractivity contribution in [3.63, 3.8) is 0 Å². The van der Waals surface area contributed by atoms with Gasteiger partial charge in [-0.2, -0.15) is 0 Å². The number of amides is 1. The van der Waals surface area contributed by atoms with Crippen LogP contribution in [0.1, 0.15) is 27.7 Å². The minimum atomic E-state index is -0.424. The van der Waals surface area contributed by atoms with Gasteiger partial charge in [-0.15, -0.1) is 0 Å². The maximum Gasteiger partial charge on any atom is 0.266 e. The Morgan fingerprint density at radius 2 is 1.79 bits per heavy atom. The summed E-state index contributed by atoms with van der Waals surface area (Å²) in [6.45, 7) is 7.61. The molecule has 0 saturated carbocycles. The summed E-state index contributed by atoms with van der Waals surface area (Å²) < 4.78 is 6.77. The van der Waals surface area contributed by atoms with Gasteiger partial charge >= 0.3 is 0 Å². The summed E-state index contributed by atoms with van der Waals surface area (Å²) >= 11 is 1.26. The molecule has 0 radical (unpaired) electrons. The summed E-state index contributed by atoms with van der Waals surface area (Å²) in [7, 11) is 1.59. The number of rotatable bonds is 5. The molecule has 0 aliphatic heterocycles. The maximum atomic E-state index is 13.3. The van der Waals surface area contributed by atoms with E-state index in [1.807, 2.05) is 39.8 Å². The van der Waals surface area contributed by atoms with E-state index in [4.69, 9.17) is 4.74 Å². The molecule has 2 aromatic carbocycles. The van der Waals surface area contributed by atoms with Crippen LogP contribution < -0.4 is 15.6 Å². The van der Waals surface area contributed by atoms with Crippen LogP contribution in [0.3, 0.4) is 0 Å². The molecular weight excluding hydrogens is 386 g/mol. The number of fused-ring (bicyclic) bond motifs is 1. The second kappa shape index (κ2) is 8.29. The van der Waals surface area contributed by atoms with E-state index < -0.39 is 5.25 Å². The van der Waals surface area contributed by atoms with Crippen molar-refractivity contribution in [1.82, 2.24) is 14.9 Å². The normalized spacial score (nSPS) is 12.6. The van der Waals surface area contributed by atoms with E-state index in [-0.39, 0.29) is 17.0 Å². The Labute approximate surface area is 174 Å². The number of thioether (sulfide) groups is 1. The van der Waals surface area contributed by atoms with Gasteiger partial charge in [0.25, 0.3) is 5.56 Å². The average molecular weight is 412 g/mol. The highest BCUT2D eigenvalue weighted by molar-refractivity contribution is 8.00. The highest BCUT2D eigenvalue weighted by Crippen LogP contribution is 2.26. The third-order valence-electron chi connectivity index (χ3n) is 4.23. The van der Waals surface area contributed by atoms with Crippen LogP contribution in [0.25, 0.3) is 16.6 Å². The first-order valence-electron chi connectivity index (χ1n) is 9.34. The van der Waals surface area contributed by atoms with E-state index in [0.29, 0.717) is 27.5 Å². The number of nitrogens with one attached hydrogen (secondary N) is 1. The fourth-order valence-corrected chi connectivity index (χ4v) is 3.76. The van der Waals surface area contributed by atoms with Crippen molar-refractivity contribution in [1.29, 1.82) is 0 Å². The summed E-state index contributed by atoms with van der Waals surface area (Å²) in [5.41, 5.74) is 0.762. The van der Waals surface area contributed by atoms with Gasteiger partial charge in [-0.3, -0.25) is 14.2 Å². The molecule has 3 rings (SSSR count). The lowest BCUT2D eigenvalue weighted by molar-refractivity contribution is -0.121. The van der Waals surface area contributed by atoms with Gasteiger partial charge in [0.2, 0.25) is 5.91 Å². The van der Waals surface area contributed by atoms with Crippen molar-refractivity contribution in [2.75, 3.05) is 7.11 Å². The van der Waals surface area contributed by atoms with Crippen LogP contribution in [0.5, 0.6) is 5.75 Å². The number of ether oxygens (including phenoxy) is 1. The first-order valence-corrected chi connectivity index (χ1v) is 10.2. The van der Waals surface area contributed by atoms with Crippen LogP contribution >= 0.6 is 11.8 Å². The molecule has 6 nitrogen and oxygen atoms in total. The van der Waals surface area contributed by atoms with Crippen LogP contribution in [0.4, 0.5) is 0 Å². The number of carbonyl (C=O) groups excluding carboxylic acids is 1. The Morgan fingerprint density at radius 3 is 2.41 bits per heavy atom. The smallest absolute Gasteiger partial charge is 0.266 e. The topological polar surface area (TPSA) is 73.2 Å². The van der Waals surface area contributed by atoms with E-state index in [9.17, 15) is 9.59 Å². The zero-order valence-corrected chi connectivity index (χ0v) is 18.0. The molecule has 0 spiro atoms. The average Bonchev–Trinajstić information content (AvgIpc) is 2.67. The molecule has 1 heterocycles. The lowest BCUT2D eigenvalue weighted by Crippen LogP contribution is -2.44. The number of nitrogens with zero attached hydrogens (tertiary/aromatic N) is 2. The Balaban J connectivity index is 2.09.